The fraction of sp³-hybridized carbons (Fsp3) is 0.278. The number of rotatable bonds is 4. The van der Waals surface area contributed by atoms with E-state index in [9.17, 15) is 18.0 Å². The fourth-order valence-electron chi connectivity index (χ4n) is 2.28. The maximum Gasteiger partial charge on any atom is 0.416 e. The normalized spacial score (nSPS) is 12.7. The minimum absolute atomic E-state index is 0.0752. The zero-order valence-electron chi connectivity index (χ0n) is 13.0. The number of likely N-dealkylation sites (N-methyl/N-ethyl adjacent to an activating group) is 1. The van der Waals surface area contributed by atoms with Gasteiger partial charge in [-0.2, -0.15) is 13.2 Å². The Morgan fingerprint density at radius 1 is 1.04 bits per heavy atom. The maximum atomic E-state index is 12.5. The molecule has 0 aliphatic heterocycles. The summed E-state index contributed by atoms with van der Waals surface area (Å²) in [4.78, 5) is 13.9. The molecule has 0 fully saturated rings. The van der Waals surface area contributed by atoms with E-state index in [-0.39, 0.29) is 18.4 Å². The predicted octanol–water partition coefficient (Wildman–Crippen LogP) is 4.47. The Hall–Kier alpha value is -2.30. The molecule has 23 heavy (non-hydrogen) atoms. The lowest BCUT2D eigenvalue weighted by molar-refractivity contribution is -0.137. The summed E-state index contributed by atoms with van der Waals surface area (Å²) >= 11 is 0. The highest BCUT2D eigenvalue weighted by molar-refractivity contribution is 5.79. The molecule has 0 radical (unpaired) electrons. The monoisotopic (exact) mass is 321 g/mol. The molecule has 2 aromatic rings. The first-order valence-corrected chi connectivity index (χ1v) is 7.26. The molecule has 122 valence electrons. The van der Waals surface area contributed by atoms with E-state index in [1.54, 1.807) is 11.9 Å². The lowest BCUT2D eigenvalue weighted by Crippen LogP contribution is -2.30. The molecule has 0 saturated carbocycles. The van der Waals surface area contributed by atoms with Crippen molar-refractivity contribution in [3.63, 3.8) is 0 Å². The molecule has 0 bridgehead atoms. The summed E-state index contributed by atoms with van der Waals surface area (Å²) < 4.78 is 37.6. The number of benzene rings is 2. The standard InChI is InChI=1S/C18H18F3NO/c1-13(15-6-4-3-5-7-15)22(2)17(23)12-14-8-10-16(11-9-14)18(19,20)21/h3-11,13H,12H2,1-2H3. The van der Waals surface area contributed by atoms with Gasteiger partial charge >= 0.3 is 6.18 Å². The fourth-order valence-corrected chi connectivity index (χ4v) is 2.28. The molecule has 2 aromatic carbocycles. The van der Waals surface area contributed by atoms with Crippen LogP contribution in [0, 0.1) is 0 Å². The molecule has 1 atom stereocenters. The van der Waals surface area contributed by atoms with Crippen molar-refractivity contribution >= 4 is 5.91 Å². The maximum absolute atomic E-state index is 12.5. The molecule has 1 amide bonds. The van der Waals surface area contributed by atoms with Gasteiger partial charge in [0.2, 0.25) is 5.91 Å². The molecule has 2 nitrogen and oxygen atoms in total. The van der Waals surface area contributed by atoms with Gasteiger partial charge in [-0.25, -0.2) is 0 Å². The Kier molecular flexibility index (Phi) is 5.08. The third-order valence-electron chi connectivity index (χ3n) is 3.89. The third kappa shape index (κ3) is 4.34. The highest BCUT2D eigenvalue weighted by Crippen LogP contribution is 2.29. The Labute approximate surface area is 133 Å². The van der Waals surface area contributed by atoms with Gasteiger partial charge in [-0.1, -0.05) is 42.5 Å². The molecule has 5 heteroatoms. The van der Waals surface area contributed by atoms with E-state index in [0.29, 0.717) is 5.56 Å². The summed E-state index contributed by atoms with van der Waals surface area (Å²) in [6.45, 7) is 1.92. The zero-order valence-corrected chi connectivity index (χ0v) is 13.0. The van der Waals surface area contributed by atoms with Crippen LogP contribution in [0.15, 0.2) is 54.6 Å². The molecule has 0 aliphatic carbocycles. The number of halogens is 3. The van der Waals surface area contributed by atoms with E-state index in [1.165, 1.54) is 12.1 Å². The van der Waals surface area contributed by atoms with Crippen LogP contribution < -0.4 is 0 Å². The molecule has 0 aliphatic rings. The number of alkyl halides is 3. The Morgan fingerprint density at radius 2 is 1.61 bits per heavy atom. The minimum atomic E-state index is -4.36. The summed E-state index contributed by atoms with van der Waals surface area (Å²) in [6, 6.07) is 14.2. The van der Waals surface area contributed by atoms with Crippen LogP contribution in [0.1, 0.15) is 29.7 Å². The van der Waals surface area contributed by atoms with Crippen LogP contribution in [0.4, 0.5) is 13.2 Å². The summed E-state index contributed by atoms with van der Waals surface area (Å²) in [5, 5.41) is 0. The molecule has 0 heterocycles. The number of hydrogen-bond donors (Lipinski definition) is 0. The zero-order chi connectivity index (χ0) is 17.0. The van der Waals surface area contributed by atoms with Gasteiger partial charge in [0, 0.05) is 7.05 Å². The lowest BCUT2D eigenvalue weighted by atomic mass is 10.1. The van der Waals surface area contributed by atoms with E-state index in [4.69, 9.17) is 0 Å². The molecule has 0 saturated heterocycles. The van der Waals surface area contributed by atoms with Crippen molar-refractivity contribution in [1.82, 2.24) is 4.90 Å². The molecule has 0 aromatic heterocycles. The second-order valence-corrected chi connectivity index (χ2v) is 5.46. The number of hydrogen-bond acceptors (Lipinski definition) is 1. The van der Waals surface area contributed by atoms with Gasteiger partial charge in [0.15, 0.2) is 0 Å². The van der Waals surface area contributed by atoms with Crippen molar-refractivity contribution < 1.29 is 18.0 Å². The quantitative estimate of drug-likeness (QED) is 0.814. The van der Waals surface area contributed by atoms with Gasteiger partial charge in [0.25, 0.3) is 0 Å². The van der Waals surface area contributed by atoms with Crippen LogP contribution in [0.5, 0.6) is 0 Å². The van der Waals surface area contributed by atoms with Gasteiger partial charge in [-0.3, -0.25) is 4.79 Å². The number of amides is 1. The average molecular weight is 321 g/mol. The Balaban J connectivity index is 2.04. The van der Waals surface area contributed by atoms with Crippen LogP contribution >= 0.6 is 0 Å². The highest BCUT2D eigenvalue weighted by Gasteiger charge is 2.30. The van der Waals surface area contributed by atoms with Gasteiger partial charge in [-0.15, -0.1) is 0 Å². The van der Waals surface area contributed by atoms with Gasteiger partial charge in [0.1, 0.15) is 0 Å². The van der Waals surface area contributed by atoms with Gasteiger partial charge in [-0.05, 0) is 30.2 Å². The van der Waals surface area contributed by atoms with Crippen LogP contribution in [0.2, 0.25) is 0 Å². The highest BCUT2D eigenvalue weighted by atomic mass is 19.4. The SMILES string of the molecule is CC(c1ccccc1)N(C)C(=O)Cc1ccc(C(F)(F)F)cc1. The minimum Gasteiger partial charge on any atom is -0.339 e. The Morgan fingerprint density at radius 3 is 2.13 bits per heavy atom. The first kappa shape index (κ1) is 17.1. The van der Waals surface area contributed by atoms with Gasteiger partial charge < -0.3 is 4.90 Å². The van der Waals surface area contributed by atoms with Crippen molar-refractivity contribution in [3.05, 3.63) is 71.3 Å². The van der Waals surface area contributed by atoms with Crippen molar-refractivity contribution in [3.8, 4) is 0 Å². The van der Waals surface area contributed by atoms with E-state index >= 15 is 0 Å². The molecular weight excluding hydrogens is 303 g/mol. The molecule has 2 rings (SSSR count). The van der Waals surface area contributed by atoms with E-state index in [2.05, 4.69) is 0 Å². The summed E-state index contributed by atoms with van der Waals surface area (Å²) in [7, 11) is 1.70. The summed E-state index contributed by atoms with van der Waals surface area (Å²) in [6.07, 6.45) is -4.28. The second-order valence-electron chi connectivity index (χ2n) is 5.46. The van der Waals surface area contributed by atoms with Crippen molar-refractivity contribution in [2.24, 2.45) is 0 Å². The van der Waals surface area contributed by atoms with E-state index in [1.807, 2.05) is 37.3 Å². The summed E-state index contributed by atoms with van der Waals surface area (Å²) in [5.74, 6) is -0.138. The van der Waals surface area contributed by atoms with Crippen molar-refractivity contribution in [2.45, 2.75) is 25.6 Å². The third-order valence-corrected chi connectivity index (χ3v) is 3.89. The molecule has 0 N–H and O–H groups in total. The first-order chi connectivity index (χ1) is 10.8. The number of nitrogens with zero attached hydrogens (tertiary/aromatic N) is 1. The van der Waals surface area contributed by atoms with Crippen molar-refractivity contribution in [1.29, 1.82) is 0 Å². The molecule has 0 spiro atoms. The largest absolute Gasteiger partial charge is 0.416 e. The van der Waals surface area contributed by atoms with Crippen LogP contribution in [0.3, 0.4) is 0 Å². The molecular formula is C18H18F3NO. The number of carbonyl (C=O) groups is 1. The summed E-state index contributed by atoms with van der Waals surface area (Å²) in [5.41, 5.74) is 0.866. The second kappa shape index (κ2) is 6.86. The van der Waals surface area contributed by atoms with Crippen LogP contribution in [0.25, 0.3) is 0 Å². The van der Waals surface area contributed by atoms with Gasteiger partial charge in [0.05, 0.1) is 18.0 Å². The smallest absolute Gasteiger partial charge is 0.339 e. The van der Waals surface area contributed by atoms with Crippen LogP contribution in [-0.2, 0) is 17.4 Å². The molecule has 1 unspecified atom stereocenters. The average Bonchev–Trinajstić information content (AvgIpc) is 2.54. The van der Waals surface area contributed by atoms with E-state index in [0.717, 1.165) is 17.7 Å². The van der Waals surface area contributed by atoms with Crippen molar-refractivity contribution in [2.75, 3.05) is 7.05 Å². The number of carbonyl (C=O) groups excluding carboxylic acids is 1. The predicted molar refractivity (Wildman–Crippen MR) is 82.8 cm³/mol. The van der Waals surface area contributed by atoms with Crippen LogP contribution in [-0.4, -0.2) is 17.9 Å². The van der Waals surface area contributed by atoms with E-state index < -0.39 is 11.7 Å². The Bertz CT molecular complexity index is 650. The lowest BCUT2D eigenvalue weighted by Gasteiger charge is -2.25. The topological polar surface area (TPSA) is 20.3 Å². The first-order valence-electron chi connectivity index (χ1n) is 7.26.